The van der Waals surface area contributed by atoms with Gasteiger partial charge in [0.25, 0.3) is 15.9 Å². The summed E-state index contributed by atoms with van der Waals surface area (Å²) in [6.07, 6.45) is 2.60. The van der Waals surface area contributed by atoms with Crippen LogP contribution in [0.25, 0.3) is 10.9 Å². The Morgan fingerprint density at radius 2 is 1.79 bits per heavy atom. The molecule has 4 rings (SSSR count). The Labute approximate surface area is 199 Å². The maximum absolute atomic E-state index is 13.3. The SMILES string of the molecule is COc1ccccc1N(C)S(=O)(=O)c1ccc(C)c(C(=O)NCCc2c[nH]c3ccccc23)c1. The summed E-state index contributed by atoms with van der Waals surface area (Å²) in [5.41, 5.74) is 3.60. The summed E-state index contributed by atoms with van der Waals surface area (Å²) in [6, 6.07) is 19.5. The van der Waals surface area contributed by atoms with Gasteiger partial charge in [0.15, 0.2) is 0 Å². The van der Waals surface area contributed by atoms with E-state index in [2.05, 4.69) is 10.3 Å². The highest BCUT2D eigenvalue weighted by Crippen LogP contribution is 2.31. The zero-order valence-electron chi connectivity index (χ0n) is 19.3. The van der Waals surface area contributed by atoms with Crippen molar-refractivity contribution in [2.24, 2.45) is 0 Å². The van der Waals surface area contributed by atoms with Gasteiger partial charge in [-0.2, -0.15) is 0 Å². The van der Waals surface area contributed by atoms with E-state index in [9.17, 15) is 13.2 Å². The predicted octanol–water partition coefficient (Wildman–Crippen LogP) is 4.28. The molecule has 0 radical (unpaired) electrons. The number of nitrogens with zero attached hydrogens (tertiary/aromatic N) is 1. The molecule has 0 aliphatic heterocycles. The highest BCUT2D eigenvalue weighted by Gasteiger charge is 2.25. The number of carbonyl (C=O) groups excluding carboxylic acids is 1. The number of methoxy groups -OCH3 is 1. The molecule has 0 saturated heterocycles. The van der Waals surface area contributed by atoms with Gasteiger partial charge in [0.1, 0.15) is 5.75 Å². The van der Waals surface area contributed by atoms with Crippen molar-refractivity contribution in [1.82, 2.24) is 10.3 Å². The lowest BCUT2D eigenvalue weighted by Crippen LogP contribution is -2.29. The van der Waals surface area contributed by atoms with E-state index in [0.717, 1.165) is 20.8 Å². The molecule has 1 amide bonds. The summed E-state index contributed by atoms with van der Waals surface area (Å²) in [7, 11) is -0.952. The Hall–Kier alpha value is -3.78. The minimum Gasteiger partial charge on any atom is -0.495 e. The number of fused-ring (bicyclic) bond motifs is 1. The zero-order chi connectivity index (χ0) is 24.3. The molecule has 4 aromatic rings. The monoisotopic (exact) mass is 477 g/mol. The fourth-order valence-corrected chi connectivity index (χ4v) is 5.16. The van der Waals surface area contributed by atoms with Crippen LogP contribution in [0.2, 0.25) is 0 Å². The predicted molar refractivity (Wildman–Crippen MR) is 134 cm³/mol. The lowest BCUT2D eigenvalue weighted by molar-refractivity contribution is 0.0953. The Kier molecular flexibility index (Phi) is 6.61. The first-order valence-electron chi connectivity index (χ1n) is 10.9. The van der Waals surface area contributed by atoms with Crippen LogP contribution < -0.4 is 14.4 Å². The Bertz CT molecular complexity index is 1440. The second-order valence-electron chi connectivity index (χ2n) is 7.99. The van der Waals surface area contributed by atoms with Crippen molar-refractivity contribution < 1.29 is 17.9 Å². The highest BCUT2D eigenvalue weighted by molar-refractivity contribution is 7.92. The number of carbonyl (C=O) groups is 1. The van der Waals surface area contributed by atoms with Gasteiger partial charge < -0.3 is 15.0 Å². The zero-order valence-corrected chi connectivity index (χ0v) is 20.1. The number of aromatic nitrogens is 1. The summed E-state index contributed by atoms with van der Waals surface area (Å²) in [4.78, 5) is 16.2. The van der Waals surface area contributed by atoms with E-state index in [1.807, 2.05) is 30.5 Å². The number of nitrogens with one attached hydrogen (secondary N) is 2. The van der Waals surface area contributed by atoms with Gasteiger partial charge in [-0.15, -0.1) is 0 Å². The molecule has 1 aromatic heterocycles. The molecular formula is C26H27N3O4S. The van der Waals surface area contributed by atoms with E-state index in [1.54, 1.807) is 37.3 Å². The van der Waals surface area contributed by atoms with Crippen LogP contribution >= 0.6 is 0 Å². The van der Waals surface area contributed by atoms with Crippen LogP contribution in [0.5, 0.6) is 5.75 Å². The number of rotatable bonds is 8. The van der Waals surface area contributed by atoms with Gasteiger partial charge in [-0.25, -0.2) is 8.42 Å². The maximum atomic E-state index is 13.3. The Morgan fingerprint density at radius 3 is 2.59 bits per heavy atom. The molecule has 1 heterocycles. The number of H-pyrrole nitrogens is 1. The number of hydrogen-bond donors (Lipinski definition) is 2. The van der Waals surface area contributed by atoms with E-state index >= 15 is 0 Å². The van der Waals surface area contributed by atoms with E-state index < -0.39 is 10.0 Å². The molecule has 3 aromatic carbocycles. The first-order valence-corrected chi connectivity index (χ1v) is 12.3. The largest absolute Gasteiger partial charge is 0.495 e. The fraction of sp³-hybridized carbons (Fsp3) is 0.192. The molecular weight excluding hydrogens is 450 g/mol. The van der Waals surface area contributed by atoms with E-state index in [4.69, 9.17) is 4.74 Å². The third kappa shape index (κ3) is 4.49. The molecule has 0 atom stereocenters. The number of benzene rings is 3. The van der Waals surface area contributed by atoms with Crippen molar-refractivity contribution in [3.63, 3.8) is 0 Å². The molecule has 0 aliphatic carbocycles. The normalized spacial score (nSPS) is 11.4. The van der Waals surface area contributed by atoms with Crippen molar-refractivity contribution in [2.45, 2.75) is 18.2 Å². The molecule has 0 saturated carbocycles. The molecule has 34 heavy (non-hydrogen) atoms. The molecule has 176 valence electrons. The third-order valence-corrected chi connectivity index (χ3v) is 7.66. The standard InChI is InChI=1S/C26H27N3O4S/c1-18-12-13-20(34(31,32)29(2)24-10-6-7-11-25(24)33-3)16-22(18)26(30)27-15-14-19-17-28-23-9-5-4-8-21(19)23/h4-13,16-17,28H,14-15H2,1-3H3,(H,27,30). The number of amides is 1. The van der Waals surface area contributed by atoms with E-state index in [-0.39, 0.29) is 10.8 Å². The van der Waals surface area contributed by atoms with Gasteiger partial charge in [0, 0.05) is 36.3 Å². The number of aromatic amines is 1. The summed E-state index contributed by atoms with van der Waals surface area (Å²) in [5.74, 6) is 0.130. The number of para-hydroxylation sites is 3. The molecule has 0 spiro atoms. The van der Waals surface area contributed by atoms with Gasteiger partial charge in [0.05, 0.1) is 17.7 Å². The van der Waals surface area contributed by atoms with E-state index in [1.165, 1.54) is 26.3 Å². The first-order chi connectivity index (χ1) is 16.3. The quantitative estimate of drug-likeness (QED) is 0.396. The van der Waals surface area contributed by atoms with E-state index in [0.29, 0.717) is 35.5 Å². The van der Waals surface area contributed by atoms with Gasteiger partial charge in [-0.1, -0.05) is 36.4 Å². The number of sulfonamides is 1. The van der Waals surface area contributed by atoms with Crippen LogP contribution in [0.15, 0.2) is 77.8 Å². The van der Waals surface area contributed by atoms with Gasteiger partial charge in [-0.3, -0.25) is 9.10 Å². The maximum Gasteiger partial charge on any atom is 0.264 e. The van der Waals surface area contributed by atoms with Crippen molar-refractivity contribution in [1.29, 1.82) is 0 Å². The summed E-state index contributed by atoms with van der Waals surface area (Å²) < 4.78 is 33.1. The van der Waals surface area contributed by atoms with Crippen LogP contribution in [-0.4, -0.2) is 40.0 Å². The minimum atomic E-state index is -3.91. The fourth-order valence-electron chi connectivity index (χ4n) is 3.93. The van der Waals surface area contributed by atoms with Crippen molar-refractivity contribution >= 4 is 32.5 Å². The number of anilines is 1. The van der Waals surface area contributed by atoms with Crippen LogP contribution in [0.3, 0.4) is 0 Å². The van der Waals surface area contributed by atoms with Crippen molar-refractivity contribution in [3.05, 3.63) is 89.6 Å². The van der Waals surface area contributed by atoms with Gasteiger partial charge >= 0.3 is 0 Å². The van der Waals surface area contributed by atoms with Crippen LogP contribution in [0.4, 0.5) is 5.69 Å². The summed E-state index contributed by atoms with van der Waals surface area (Å²) in [5, 5.41) is 4.04. The Balaban J connectivity index is 1.52. The molecule has 7 nitrogen and oxygen atoms in total. The average molecular weight is 478 g/mol. The van der Waals surface area contributed by atoms with Crippen LogP contribution in [0, 0.1) is 6.92 Å². The molecule has 0 bridgehead atoms. The molecule has 0 aliphatic rings. The van der Waals surface area contributed by atoms with Crippen molar-refractivity contribution in [3.8, 4) is 5.75 Å². The highest BCUT2D eigenvalue weighted by atomic mass is 32.2. The third-order valence-electron chi connectivity index (χ3n) is 5.89. The number of ether oxygens (including phenoxy) is 1. The van der Waals surface area contributed by atoms with Crippen LogP contribution in [-0.2, 0) is 16.4 Å². The van der Waals surface area contributed by atoms with Crippen LogP contribution in [0.1, 0.15) is 21.5 Å². The van der Waals surface area contributed by atoms with Gasteiger partial charge in [0.2, 0.25) is 0 Å². The Morgan fingerprint density at radius 1 is 1.06 bits per heavy atom. The van der Waals surface area contributed by atoms with Gasteiger partial charge in [-0.05, 0) is 54.8 Å². The average Bonchev–Trinajstić information content (AvgIpc) is 3.26. The summed E-state index contributed by atoms with van der Waals surface area (Å²) in [6.45, 7) is 2.22. The molecule has 0 unspecified atom stereocenters. The second kappa shape index (κ2) is 9.61. The number of hydrogen-bond acceptors (Lipinski definition) is 4. The lowest BCUT2D eigenvalue weighted by atomic mass is 10.1. The topological polar surface area (TPSA) is 91.5 Å². The minimum absolute atomic E-state index is 0.0354. The smallest absolute Gasteiger partial charge is 0.264 e. The molecule has 8 heteroatoms. The summed E-state index contributed by atoms with van der Waals surface area (Å²) >= 11 is 0. The molecule has 0 fully saturated rings. The van der Waals surface area contributed by atoms with Crippen molar-refractivity contribution in [2.75, 3.05) is 25.0 Å². The lowest BCUT2D eigenvalue weighted by Gasteiger charge is -2.22. The first kappa shape index (κ1) is 23.4. The molecule has 2 N–H and O–H groups in total. The number of aryl methyl sites for hydroxylation is 1. The second-order valence-corrected chi connectivity index (χ2v) is 9.96.